The van der Waals surface area contributed by atoms with Crippen LogP contribution in [0, 0.1) is 5.41 Å². The lowest BCUT2D eigenvalue weighted by atomic mass is 9.72. The maximum absolute atomic E-state index is 13.2. The minimum Gasteiger partial charge on any atom is -0.466 e. The van der Waals surface area contributed by atoms with Gasteiger partial charge in [0.25, 0.3) is 0 Å². The zero-order valence-corrected chi connectivity index (χ0v) is 52.5. The average molecular weight is 1100 g/mol. The Hall–Kier alpha value is -2.20. The van der Waals surface area contributed by atoms with Gasteiger partial charge in [0.2, 0.25) is 0 Å². The van der Waals surface area contributed by atoms with E-state index in [-0.39, 0.29) is 35.3 Å². The van der Waals surface area contributed by atoms with E-state index in [4.69, 9.17) is 18.9 Å². The fourth-order valence-electron chi connectivity index (χ4n) is 11.6. The van der Waals surface area contributed by atoms with Crippen LogP contribution in [-0.2, 0) is 38.1 Å². The molecule has 0 bridgehead atoms. The van der Waals surface area contributed by atoms with Crippen molar-refractivity contribution in [1.29, 1.82) is 0 Å². The highest BCUT2D eigenvalue weighted by Gasteiger charge is 2.37. The molecule has 10 nitrogen and oxygen atoms in total. The van der Waals surface area contributed by atoms with Crippen molar-refractivity contribution in [3.05, 3.63) is 0 Å². The van der Waals surface area contributed by atoms with Gasteiger partial charge in [-0.25, -0.2) is 0 Å². The zero-order chi connectivity index (χ0) is 56.7. The Labute approximate surface area is 483 Å². The Morgan fingerprint density at radius 1 is 0.359 bits per heavy atom. The average Bonchev–Trinajstić information content (AvgIpc) is 3.44. The fraction of sp³-hybridized carbons (Fsp3) is 0.941. The third-order valence-corrected chi connectivity index (χ3v) is 16.7. The summed E-state index contributed by atoms with van der Waals surface area (Å²) in [7, 11) is 0. The topological polar surface area (TPSA) is 112 Å². The molecule has 0 heterocycles. The van der Waals surface area contributed by atoms with Crippen molar-refractivity contribution in [3.8, 4) is 0 Å². The lowest BCUT2D eigenvalue weighted by Crippen LogP contribution is -2.47. The van der Waals surface area contributed by atoms with E-state index in [1.165, 1.54) is 205 Å². The third-order valence-electron chi connectivity index (χ3n) is 16.7. The lowest BCUT2D eigenvalue weighted by Gasteiger charge is -2.45. The van der Waals surface area contributed by atoms with Gasteiger partial charge in [-0.2, -0.15) is 0 Å². The summed E-state index contributed by atoms with van der Waals surface area (Å²) in [6.07, 6.45) is 54.7. The number of unbranched alkanes of at least 4 members (excludes halogenated alkanes) is 36. The Morgan fingerprint density at radius 2 is 0.603 bits per heavy atom. The molecule has 0 spiro atoms. The van der Waals surface area contributed by atoms with Crippen LogP contribution in [0.2, 0.25) is 0 Å². The van der Waals surface area contributed by atoms with Crippen molar-refractivity contribution in [2.24, 2.45) is 5.41 Å². The monoisotopic (exact) mass is 1100 g/mol. The first-order valence-electron chi connectivity index (χ1n) is 34.2. The number of carbonyl (C=O) groups is 4. The standard InChI is InChI=1S/C68H130N2O8/c1-6-10-14-18-22-26-30-34-38-42-57-75-64(71)48-53-69(54-49-65(72)76-58-43-39-35-31-27-23-19-15-11-7-2)62-68(5)52-46-47-63(61-68)70(55-50-66(73)77-59-44-40-36-32-28-24-20-16-12-8-3)56-51-67(74)78-60-45-41-37-33-29-25-21-17-13-9-4/h63H,6-62H2,1-5H3. The highest BCUT2D eigenvalue weighted by atomic mass is 16.5. The number of carbonyl (C=O) groups excluding carboxylic acids is 4. The lowest BCUT2D eigenvalue weighted by molar-refractivity contribution is -0.146. The van der Waals surface area contributed by atoms with E-state index in [1.807, 2.05) is 0 Å². The van der Waals surface area contributed by atoms with Gasteiger partial charge in [-0.3, -0.25) is 24.1 Å². The van der Waals surface area contributed by atoms with Crippen LogP contribution in [0.15, 0.2) is 0 Å². The Morgan fingerprint density at radius 3 is 0.872 bits per heavy atom. The molecule has 1 rings (SSSR count). The van der Waals surface area contributed by atoms with Gasteiger partial charge in [-0.15, -0.1) is 0 Å². The number of esters is 4. The van der Waals surface area contributed by atoms with E-state index in [0.717, 1.165) is 83.6 Å². The van der Waals surface area contributed by atoms with Gasteiger partial charge in [0.15, 0.2) is 0 Å². The number of nitrogens with zero attached hydrogens (tertiary/aromatic N) is 2. The number of rotatable bonds is 59. The Kier molecular flexibility index (Phi) is 52.4. The quantitative estimate of drug-likeness (QED) is 0.0332. The second-order valence-corrected chi connectivity index (χ2v) is 24.5. The highest BCUT2D eigenvalue weighted by molar-refractivity contribution is 5.71. The van der Waals surface area contributed by atoms with Crippen molar-refractivity contribution in [2.75, 3.05) is 59.2 Å². The van der Waals surface area contributed by atoms with Crippen LogP contribution in [0.1, 0.15) is 343 Å². The summed E-state index contributed by atoms with van der Waals surface area (Å²) in [6.45, 7) is 16.2. The fourth-order valence-corrected chi connectivity index (χ4v) is 11.6. The van der Waals surface area contributed by atoms with Crippen molar-refractivity contribution in [1.82, 2.24) is 9.80 Å². The second kappa shape index (κ2) is 55.3. The molecule has 0 aromatic rings. The molecule has 10 heteroatoms. The summed E-state index contributed by atoms with van der Waals surface area (Å²) in [5, 5.41) is 0. The summed E-state index contributed by atoms with van der Waals surface area (Å²) in [5.74, 6) is -0.663. The van der Waals surface area contributed by atoms with Crippen LogP contribution >= 0.6 is 0 Å². The molecule has 1 saturated carbocycles. The minimum absolute atomic E-state index is 0.0903. The molecule has 1 aliphatic rings. The van der Waals surface area contributed by atoms with Crippen LogP contribution in [0.25, 0.3) is 0 Å². The molecule has 0 radical (unpaired) electrons. The molecule has 460 valence electrons. The maximum Gasteiger partial charge on any atom is 0.307 e. The first kappa shape index (κ1) is 73.8. The molecule has 1 fully saturated rings. The molecule has 0 aromatic heterocycles. The van der Waals surface area contributed by atoms with E-state index in [1.54, 1.807) is 0 Å². The predicted molar refractivity (Wildman–Crippen MR) is 328 cm³/mol. The van der Waals surface area contributed by atoms with Crippen LogP contribution in [0.4, 0.5) is 0 Å². The second-order valence-electron chi connectivity index (χ2n) is 24.5. The van der Waals surface area contributed by atoms with E-state index < -0.39 is 0 Å². The van der Waals surface area contributed by atoms with Crippen molar-refractivity contribution in [2.45, 2.75) is 349 Å². The first-order chi connectivity index (χ1) is 38.2. The van der Waals surface area contributed by atoms with Gasteiger partial charge in [0, 0.05) is 38.8 Å². The molecular weight excluding hydrogens is 973 g/mol. The molecule has 2 unspecified atom stereocenters. The van der Waals surface area contributed by atoms with E-state index in [0.29, 0.717) is 78.3 Å². The molecular formula is C68H130N2O8. The number of ether oxygens (including phenoxy) is 4. The molecule has 1 aliphatic carbocycles. The molecule has 0 saturated heterocycles. The van der Waals surface area contributed by atoms with Gasteiger partial charge in [0.05, 0.1) is 52.1 Å². The summed E-state index contributed by atoms with van der Waals surface area (Å²) in [5.41, 5.74) is -0.0903. The molecule has 0 aromatic carbocycles. The largest absolute Gasteiger partial charge is 0.466 e. The van der Waals surface area contributed by atoms with Crippen molar-refractivity contribution >= 4 is 23.9 Å². The van der Waals surface area contributed by atoms with Gasteiger partial charge in [0.1, 0.15) is 0 Å². The van der Waals surface area contributed by atoms with Gasteiger partial charge in [-0.05, 0) is 50.4 Å². The summed E-state index contributed by atoms with van der Waals surface area (Å²) >= 11 is 0. The number of hydrogen-bond acceptors (Lipinski definition) is 10. The normalized spacial score (nSPS) is 15.6. The van der Waals surface area contributed by atoms with Crippen LogP contribution in [0.5, 0.6) is 0 Å². The maximum atomic E-state index is 13.2. The molecule has 2 atom stereocenters. The Bertz CT molecular complexity index is 1280. The zero-order valence-electron chi connectivity index (χ0n) is 52.5. The third kappa shape index (κ3) is 47.4. The predicted octanol–water partition coefficient (Wildman–Crippen LogP) is 19.0. The van der Waals surface area contributed by atoms with Gasteiger partial charge < -0.3 is 23.8 Å². The van der Waals surface area contributed by atoms with Crippen molar-refractivity contribution in [3.63, 3.8) is 0 Å². The molecule has 0 aliphatic heterocycles. The van der Waals surface area contributed by atoms with Crippen molar-refractivity contribution < 1.29 is 38.1 Å². The summed E-state index contributed by atoms with van der Waals surface area (Å²) in [6, 6.07) is 0.187. The van der Waals surface area contributed by atoms with Gasteiger partial charge in [-0.1, -0.05) is 272 Å². The summed E-state index contributed by atoms with van der Waals surface area (Å²) in [4.78, 5) is 57.4. The van der Waals surface area contributed by atoms with Crippen LogP contribution < -0.4 is 0 Å². The molecule has 0 amide bonds. The smallest absolute Gasteiger partial charge is 0.307 e. The Balaban J connectivity index is 2.88. The number of hydrogen-bond donors (Lipinski definition) is 0. The SMILES string of the molecule is CCCCCCCCCCCCOC(=O)CCN(CCC(=O)OCCCCCCCCCCCC)CC1(C)CCCC(N(CCC(=O)OCCCCCCCCCCCC)CCC(=O)OCCCCCCCCCCCC)C1. The highest BCUT2D eigenvalue weighted by Crippen LogP contribution is 2.39. The van der Waals surface area contributed by atoms with E-state index in [9.17, 15) is 19.2 Å². The van der Waals surface area contributed by atoms with Crippen LogP contribution in [-0.4, -0.2) is 98.9 Å². The van der Waals surface area contributed by atoms with Crippen LogP contribution in [0.3, 0.4) is 0 Å². The van der Waals surface area contributed by atoms with E-state index >= 15 is 0 Å². The minimum atomic E-state index is -0.169. The first-order valence-corrected chi connectivity index (χ1v) is 34.2. The summed E-state index contributed by atoms with van der Waals surface area (Å²) < 4.78 is 23.1. The van der Waals surface area contributed by atoms with E-state index in [2.05, 4.69) is 44.4 Å². The van der Waals surface area contributed by atoms with Gasteiger partial charge >= 0.3 is 23.9 Å². The molecule has 0 N–H and O–H groups in total. The molecule has 78 heavy (non-hydrogen) atoms.